The molecule has 0 fully saturated rings. The maximum absolute atomic E-state index is 14.1. The Morgan fingerprint density at radius 1 is 0.850 bits per heavy atom. The molecule has 3 aromatic rings. The van der Waals surface area contributed by atoms with Crippen LogP contribution in [0.3, 0.4) is 0 Å². The van der Waals surface area contributed by atoms with Gasteiger partial charge in [-0.25, -0.2) is 0 Å². The van der Waals surface area contributed by atoms with Gasteiger partial charge in [0.05, 0.1) is 12.0 Å². The van der Waals surface area contributed by atoms with Gasteiger partial charge < -0.3 is 10.2 Å². The van der Waals surface area contributed by atoms with Crippen molar-refractivity contribution in [1.29, 1.82) is 0 Å². The van der Waals surface area contributed by atoms with Gasteiger partial charge in [-0.05, 0) is 41.2 Å². The Morgan fingerprint density at radius 3 is 1.90 bits per heavy atom. The van der Waals surface area contributed by atoms with Gasteiger partial charge in [-0.1, -0.05) is 98.2 Å². The molecule has 2 amide bonds. The fraction of sp³-hybridized carbons (Fsp3) is 0.323. The molecule has 0 bridgehead atoms. The Hall–Kier alpha value is -3.65. The van der Waals surface area contributed by atoms with Gasteiger partial charge >= 0.3 is 6.18 Å². The smallest absolute Gasteiger partial charge is 0.344 e. The van der Waals surface area contributed by atoms with Crippen LogP contribution in [0.1, 0.15) is 36.5 Å². The number of benzene rings is 3. The first kappa shape index (κ1) is 30.9. The predicted octanol–water partition coefficient (Wildman–Crippen LogP) is 6.01. The standard InChI is InChI=1S/C31H32ClF3N2O3/c1-20(2)27(28(38)31(33,34)35)36-29(39)26(18-22-13-8-5-9-14-22)37(3)30(40)25(17-21-11-6-4-7-12-21)23-15-10-16-24(32)19-23/h4-16,19-20,25-27H,17-18H2,1-3H3,(H,36,39)/t25?,26-,27-/m0/s1. The lowest BCUT2D eigenvalue weighted by Crippen LogP contribution is -2.56. The highest BCUT2D eigenvalue weighted by Crippen LogP contribution is 2.27. The van der Waals surface area contributed by atoms with E-state index in [2.05, 4.69) is 5.32 Å². The Balaban J connectivity index is 1.98. The summed E-state index contributed by atoms with van der Waals surface area (Å²) >= 11 is 6.24. The zero-order chi connectivity index (χ0) is 29.4. The lowest BCUT2D eigenvalue weighted by atomic mass is 9.89. The molecule has 0 radical (unpaired) electrons. The van der Waals surface area contributed by atoms with Crippen LogP contribution >= 0.6 is 11.6 Å². The van der Waals surface area contributed by atoms with Gasteiger partial charge in [-0.3, -0.25) is 14.4 Å². The number of carbonyl (C=O) groups is 3. The van der Waals surface area contributed by atoms with Crippen molar-refractivity contribution < 1.29 is 27.6 Å². The van der Waals surface area contributed by atoms with E-state index >= 15 is 0 Å². The molecule has 0 saturated heterocycles. The summed E-state index contributed by atoms with van der Waals surface area (Å²) in [4.78, 5) is 41.0. The molecule has 0 aliphatic carbocycles. The fourth-order valence-electron chi connectivity index (χ4n) is 4.52. The molecule has 0 aliphatic heterocycles. The predicted molar refractivity (Wildman–Crippen MR) is 149 cm³/mol. The molecule has 0 aliphatic rings. The van der Waals surface area contributed by atoms with Crippen LogP contribution in [0.2, 0.25) is 5.02 Å². The van der Waals surface area contributed by atoms with Crippen LogP contribution in [0.5, 0.6) is 0 Å². The number of alkyl halides is 3. The van der Waals surface area contributed by atoms with E-state index in [1.54, 1.807) is 54.6 Å². The van der Waals surface area contributed by atoms with Gasteiger partial charge in [-0.2, -0.15) is 13.2 Å². The Labute approximate surface area is 237 Å². The van der Waals surface area contributed by atoms with Crippen LogP contribution in [-0.2, 0) is 27.2 Å². The summed E-state index contributed by atoms with van der Waals surface area (Å²) in [5.41, 5.74) is 2.22. The van der Waals surface area contributed by atoms with Gasteiger partial charge in [0, 0.05) is 18.5 Å². The third-order valence-corrected chi connectivity index (χ3v) is 6.98. The maximum atomic E-state index is 14.1. The van der Waals surface area contributed by atoms with Crippen LogP contribution in [0, 0.1) is 5.92 Å². The second-order valence-corrected chi connectivity index (χ2v) is 10.5. The Kier molecular flexibility index (Phi) is 10.5. The lowest BCUT2D eigenvalue weighted by Gasteiger charge is -2.33. The summed E-state index contributed by atoms with van der Waals surface area (Å²) in [6.45, 7) is 2.84. The molecule has 3 atom stereocenters. The van der Waals surface area contributed by atoms with E-state index in [1.165, 1.54) is 25.8 Å². The van der Waals surface area contributed by atoms with Crippen molar-refractivity contribution in [1.82, 2.24) is 10.2 Å². The van der Waals surface area contributed by atoms with Crippen LogP contribution in [-0.4, -0.2) is 47.8 Å². The highest BCUT2D eigenvalue weighted by Gasteiger charge is 2.46. The van der Waals surface area contributed by atoms with Gasteiger partial charge in [-0.15, -0.1) is 0 Å². The van der Waals surface area contributed by atoms with Crippen molar-refractivity contribution in [3.05, 3.63) is 107 Å². The normalized spacial score (nSPS) is 13.8. The number of Topliss-reactive ketones (excluding diaryl/α,β-unsaturated/α-hetero) is 1. The van der Waals surface area contributed by atoms with Gasteiger partial charge in [0.15, 0.2) is 0 Å². The molecular weight excluding hydrogens is 541 g/mol. The molecule has 0 saturated carbocycles. The molecule has 3 rings (SSSR count). The number of carbonyl (C=O) groups excluding carboxylic acids is 3. The third kappa shape index (κ3) is 8.18. The van der Waals surface area contributed by atoms with Crippen LogP contribution in [0.4, 0.5) is 13.2 Å². The van der Waals surface area contributed by atoms with Crippen molar-refractivity contribution in [3.8, 4) is 0 Å². The number of hydrogen-bond acceptors (Lipinski definition) is 3. The van der Waals surface area contributed by atoms with Crippen molar-refractivity contribution >= 4 is 29.2 Å². The topological polar surface area (TPSA) is 66.5 Å². The number of ketones is 1. The van der Waals surface area contributed by atoms with Crippen molar-refractivity contribution in [2.75, 3.05) is 7.05 Å². The zero-order valence-electron chi connectivity index (χ0n) is 22.5. The maximum Gasteiger partial charge on any atom is 0.452 e. The highest BCUT2D eigenvalue weighted by atomic mass is 35.5. The van der Waals surface area contributed by atoms with Gasteiger partial charge in [0.25, 0.3) is 5.78 Å². The molecule has 0 aromatic heterocycles. The minimum atomic E-state index is -5.12. The van der Waals surface area contributed by atoms with E-state index < -0.39 is 47.7 Å². The van der Waals surface area contributed by atoms with E-state index in [0.717, 1.165) is 5.56 Å². The number of nitrogens with zero attached hydrogens (tertiary/aromatic N) is 1. The summed E-state index contributed by atoms with van der Waals surface area (Å²) in [7, 11) is 1.45. The summed E-state index contributed by atoms with van der Waals surface area (Å²) in [6, 6.07) is 22.1. The van der Waals surface area contributed by atoms with Gasteiger partial charge in [0.1, 0.15) is 6.04 Å². The largest absolute Gasteiger partial charge is 0.452 e. The average molecular weight is 573 g/mol. The molecule has 0 heterocycles. The Bertz CT molecular complexity index is 1300. The second-order valence-electron chi connectivity index (χ2n) is 10.0. The molecule has 40 heavy (non-hydrogen) atoms. The monoisotopic (exact) mass is 572 g/mol. The summed E-state index contributed by atoms with van der Waals surface area (Å²) in [5.74, 6) is -4.85. The zero-order valence-corrected chi connectivity index (χ0v) is 23.2. The molecule has 212 valence electrons. The SMILES string of the molecule is CC(C)[C@H](NC(=O)[C@H](Cc1ccccc1)N(C)C(=O)C(Cc1ccccc1)c1cccc(Cl)c1)C(=O)C(F)(F)F. The quantitative estimate of drug-likeness (QED) is 0.306. The van der Waals surface area contributed by atoms with Crippen LogP contribution < -0.4 is 5.32 Å². The van der Waals surface area contributed by atoms with Crippen molar-refractivity contribution in [2.24, 2.45) is 5.92 Å². The first-order chi connectivity index (χ1) is 18.9. The molecule has 1 N–H and O–H groups in total. The van der Waals surface area contributed by atoms with E-state index in [1.807, 2.05) is 30.3 Å². The number of halogens is 4. The molecule has 0 spiro atoms. The summed E-state index contributed by atoms with van der Waals surface area (Å²) < 4.78 is 39.9. The van der Waals surface area contributed by atoms with E-state index in [4.69, 9.17) is 11.6 Å². The number of likely N-dealkylation sites (N-methyl/N-ethyl adjacent to an activating group) is 1. The molecule has 9 heteroatoms. The third-order valence-electron chi connectivity index (χ3n) is 6.75. The highest BCUT2D eigenvalue weighted by molar-refractivity contribution is 6.30. The average Bonchev–Trinajstić information content (AvgIpc) is 2.92. The van der Waals surface area contributed by atoms with Gasteiger partial charge in [0.2, 0.25) is 11.8 Å². The summed E-state index contributed by atoms with van der Waals surface area (Å²) in [5, 5.41) is 2.73. The van der Waals surface area contributed by atoms with Crippen molar-refractivity contribution in [3.63, 3.8) is 0 Å². The first-order valence-electron chi connectivity index (χ1n) is 12.9. The van der Waals surface area contributed by atoms with E-state index in [-0.39, 0.29) is 6.42 Å². The lowest BCUT2D eigenvalue weighted by molar-refractivity contribution is -0.175. The van der Waals surface area contributed by atoms with Crippen molar-refractivity contribution in [2.45, 2.75) is 50.9 Å². The van der Waals surface area contributed by atoms with Crippen LogP contribution in [0.25, 0.3) is 0 Å². The number of nitrogens with one attached hydrogen (secondary N) is 1. The minimum Gasteiger partial charge on any atom is -0.344 e. The summed E-state index contributed by atoms with van der Waals surface area (Å²) in [6.07, 6.45) is -4.77. The minimum absolute atomic E-state index is 0.0353. The molecule has 1 unspecified atom stereocenters. The number of amides is 2. The second kappa shape index (κ2) is 13.6. The number of hydrogen-bond donors (Lipinski definition) is 1. The first-order valence-corrected chi connectivity index (χ1v) is 13.3. The Morgan fingerprint density at radius 2 is 1.40 bits per heavy atom. The fourth-order valence-corrected chi connectivity index (χ4v) is 4.72. The molecule has 3 aromatic carbocycles. The van der Waals surface area contributed by atoms with Crippen LogP contribution in [0.15, 0.2) is 84.9 Å². The van der Waals surface area contributed by atoms with E-state index in [9.17, 15) is 27.6 Å². The molecular formula is C31H32ClF3N2O3. The number of rotatable bonds is 11. The van der Waals surface area contributed by atoms with E-state index in [0.29, 0.717) is 22.6 Å². The molecule has 5 nitrogen and oxygen atoms in total.